The largest absolute Gasteiger partial charge is 0.484 e. The number of piperidine rings is 1. The number of fused-ring (bicyclic) bond motifs is 1. The normalized spacial score (nSPS) is 19.9. The molecule has 1 aromatic carbocycles. The Morgan fingerprint density at radius 2 is 1.94 bits per heavy atom. The average Bonchev–Trinajstić information content (AvgIpc) is 3.26. The van der Waals surface area contributed by atoms with Crippen LogP contribution in [0.1, 0.15) is 35.6 Å². The molecule has 3 aromatic rings. The molecule has 3 aliphatic rings. The van der Waals surface area contributed by atoms with E-state index in [4.69, 9.17) is 9.47 Å². The summed E-state index contributed by atoms with van der Waals surface area (Å²) in [4.78, 5) is 14.9. The van der Waals surface area contributed by atoms with Gasteiger partial charge in [-0.25, -0.2) is 0 Å². The Bertz CT molecular complexity index is 1340. The standard InChI is InChI=1S/C25H26N6O3/c26-12-17-2-1-16-3-4-22(32)31-15-18(23(17)24(16)31)14-30-7-5-19(6-8-30)27-13-20-11-21-25(29-28-20)34-10-9-33-21/h1-4,11,18-19,27H,5-10,13-15H2/t18-/m1/s1. The first-order valence-corrected chi connectivity index (χ1v) is 11.8. The fourth-order valence-corrected chi connectivity index (χ4v) is 5.44. The van der Waals surface area contributed by atoms with Crippen LogP contribution in [-0.4, -0.2) is 58.6 Å². The maximum atomic E-state index is 12.5. The summed E-state index contributed by atoms with van der Waals surface area (Å²) in [5.41, 5.74) is 3.52. The molecule has 3 aliphatic heterocycles. The molecule has 5 heterocycles. The van der Waals surface area contributed by atoms with Crippen molar-refractivity contribution in [1.82, 2.24) is 25.0 Å². The van der Waals surface area contributed by atoms with Crippen molar-refractivity contribution in [3.8, 4) is 17.7 Å². The smallest absolute Gasteiger partial charge is 0.276 e. The van der Waals surface area contributed by atoms with Gasteiger partial charge in [-0.15, -0.1) is 5.10 Å². The van der Waals surface area contributed by atoms with Crippen LogP contribution in [-0.2, 0) is 13.1 Å². The number of nitrogens with one attached hydrogen (secondary N) is 1. The Hall–Kier alpha value is -3.48. The molecule has 0 saturated carbocycles. The Kier molecular flexibility index (Phi) is 5.40. The lowest BCUT2D eigenvalue weighted by molar-refractivity contribution is 0.161. The molecule has 1 fully saturated rings. The highest BCUT2D eigenvalue weighted by Crippen LogP contribution is 2.36. The minimum Gasteiger partial charge on any atom is -0.484 e. The number of pyridine rings is 1. The predicted molar refractivity (Wildman–Crippen MR) is 125 cm³/mol. The number of ether oxygens (including phenoxy) is 2. The monoisotopic (exact) mass is 458 g/mol. The van der Waals surface area contributed by atoms with Crippen LogP contribution in [0, 0.1) is 11.3 Å². The minimum atomic E-state index is 0.0106. The van der Waals surface area contributed by atoms with Crippen molar-refractivity contribution in [3.05, 3.63) is 57.5 Å². The first-order chi connectivity index (χ1) is 16.7. The molecule has 0 aliphatic carbocycles. The van der Waals surface area contributed by atoms with Gasteiger partial charge in [-0.05, 0) is 43.5 Å². The second-order valence-corrected chi connectivity index (χ2v) is 9.21. The SMILES string of the molecule is N#Cc1ccc2ccc(=O)n3c2c1[C@H](CN1CCC(NCc2cc4c(nn2)OCCO4)CC1)C3. The molecule has 0 radical (unpaired) electrons. The third-order valence-electron chi connectivity index (χ3n) is 7.12. The van der Waals surface area contributed by atoms with Crippen molar-refractivity contribution in [2.45, 2.75) is 37.9 Å². The van der Waals surface area contributed by atoms with Gasteiger partial charge in [0.15, 0.2) is 5.75 Å². The van der Waals surface area contributed by atoms with Crippen molar-refractivity contribution < 1.29 is 9.47 Å². The van der Waals surface area contributed by atoms with Gasteiger partial charge in [0, 0.05) is 49.3 Å². The van der Waals surface area contributed by atoms with E-state index in [0.717, 1.165) is 54.6 Å². The fraction of sp³-hybridized carbons (Fsp3) is 0.440. The third-order valence-corrected chi connectivity index (χ3v) is 7.12. The molecule has 34 heavy (non-hydrogen) atoms. The van der Waals surface area contributed by atoms with E-state index < -0.39 is 0 Å². The average molecular weight is 459 g/mol. The van der Waals surface area contributed by atoms with Crippen molar-refractivity contribution in [3.63, 3.8) is 0 Å². The van der Waals surface area contributed by atoms with Crippen molar-refractivity contribution in [2.24, 2.45) is 0 Å². The van der Waals surface area contributed by atoms with Crippen molar-refractivity contribution in [2.75, 3.05) is 32.8 Å². The molecule has 1 atom stereocenters. The first kappa shape index (κ1) is 21.1. The summed E-state index contributed by atoms with van der Waals surface area (Å²) >= 11 is 0. The van der Waals surface area contributed by atoms with Crippen LogP contribution in [0.2, 0.25) is 0 Å². The lowest BCUT2D eigenvalue weighted by Gasteiger charge is -2.34. The van der Waals surface area contributed by atoms with E-state index in [-0.39, 0.29) is 11.5 Å². The molecular formula is C25H26N6O3. The first-order valence-electron chi connectivity index (χ1n) is 11.8. The molecule has 1 N–H and O–H groups in total. The van der Waals surface area contributed by atoms with Gasteiger partial charge >= 0.3 is 0 Å². The number of nitriles is 1. The molecule has 1 saturated heterocycles. The number of hydrogen-bond acceptors (Lipinski definition) is 8. The van der Waals surface area contributed by atoms with Crippen LogP contribution >= 0.6 is 0 Å². The predicted octanol–water partition coefficient (Wildman–Crippen LogP) is 1.79. The highest BCUT2D eigenvalue weighted by molar-refractivity contribution is 5.86. The quantitative estimate of drug-likeness (QED) is 0.617. The summed E-state index contributed by atoms with van der Waals surface area (Å²) in [5, 5.41) is 22.7. The van der Waals surface area contributed by atoms with Gasteiger partial charge in [0.05, 0.1) is 22.8 Å². The number of hydrogen-bond donors (Lipinski definition) is 1. The Balaban J connectivity index is 1.08. The maximum Gasteiger partial charge on any atom is 0.276 e. The zero-order valence-corrected chi connectivity index (χ0v) is 18.9. The molecule has 9 heteroatoms. The van der Waals surface area contributed by atoms with Crippen LogP contribution < -0.4 is 20.3 Å². The second-order valence-electron chi connectivity index (χ2n) is 9.21. The zero-order chi connectivity index (χ0) is 23.1. The second kappa shape index (κ2) is 8.70. The number of rotatable bonds is 5. The summed E-state index contributed by atoms with van der Waals surface area (Å²) in [6.45, 7) is 5.14. The summed E-state index contributed by atoms with van der Waals surface area (Å²) in [6, 6.07) is 12.0. The number of benzene rings is 1. The summed E-state index contributed by atoms with van der Waals surface area (Å²) in [6.07, 6.45) is 2.07. The van der Waals surface area contributed by atoms with E-state index in [0.29, 0.717) is 49.5 Å². The van der Waals surface area contributed by atoms with E-state index in [1.54, 1.807) is 6.07 Å². The fourth-order valence-electron chi connectivity index (χ4n) is 5.44. The Labute approximate surface area is 196 Å². The van der Waals surface area contributed by atoms with Crippen LogP contribution in [0.15, 0.2) is 35.1 Å². The molecule has 0 amide bonds. The number of likely N-dealkylation sites (tertiary alicyclic amines) is 1. The Morgan fingerprint density at radius 1 is 1.12 bits per heavy atom. The molecule has 174 valence electrons. The van der Waals surface area contributed by atoms with Gasteiger partial charge in [-0.3, -0.25) is 4.79 Å². The lowest BCUT2D eigenvalue weighted by atomic mass is 9.93. The molecule has 2 aromatic heterocycles. The number of nitrogens with zero attached hydrogens (tertiary/aromatic N) is 5. The topological polar surface area (TPSA) is 105 Å². The number of aromatic nitrogens is 3. The van der Waals surface area contributed by atoms with Crippen molar-refractivity contribution >= 4 is 10.9 Å². The van der Waals surface area contributed by atoms with E-state index in [9.17, 15) is 10.1 Å². The van der Waals surface area contributed by atoms with E-state index in [1.807, 2.05) is 28.8 Å². The maximum absolute atomic E-state index is 12.5. The summed E-state index contributed by atoms with van der Waals surface area (Å²) in [7, 11) is 0. The molecule has 0 bridgehead atoms. The Morgan fingerprint density at radius 3 is 2.79 bits per heavy atom. The highest BCUT2D eigenvalue weighted by atomic mass is 16.6. The van der Waals surface area contributed by atoms with E-state index in [2.05, 4.69) is 26.5 Å². The van der Waals surface area contributed by atoms with Gasteiger partial charge in [0.25, 0.3) is 11.4 Å². The third kappa shape index (κ3) is 3.79. The summed E-state index contributed by atoms with van der Waals surface area (Å²) in [5.74, 6) is 1.29. The molecule has 0 spiro atoms. The van der Waals surface area contributed by atoms with Crippen LogP contribution in [0.3, 0.4) is 0 Å². The van der Waals surface area contributed by atoms with E-state index in [1.165, 1.54) is 0 Å². The molecule has 9 nitrogen and oxygen atoms in total. The zero-order valence-electron chi connectivity index (χ0n) is 18.9. The molecule has 0 unspecified atom stereocenters. The van der Waals surface area contributed by atoms with Crippen LogP contribution in [0.25, 0.3) is 10.9 Å². The van der Waals surface area contributed by atoms with Gasteiger partial charge < -0.3 is 24.3 Å². The van der Waals surface area contributed by atoms with Gasteiger partial charge in [0.1, 0.15) is 13.2 Å². The van der Waals surface area contributed by atoms with Gasteiger partial charge in [-0.2, -0.15) is 10.4 Å². The summed E-state index contributed by atoms with van der Waals surface area (Å²) < 4.78 is 12.9. The van der Waals surface area contributed by atoms with Gasteiger partial charge in [0.2, 0.25) is 0 Å². The van der Waals surface area contributed by atoms with Crippen molar-refractivity contribution in [1.29, 1.82) is 5.26 Å². The van der Waals surface area contributed by atoms with Gasteiger partial charge in [-0.1, -0.05) is 6.07 Å². The highest BCUT2D eigenvalue weighted by Gasteiger charge is 2.31. The molecular weight excluding hydrogens is 432 g/mol. The lowest BCUT2D eigenvalue weighted by Crippen LogP contribution is -2.43. The van der Waals surface area contributed by atoms with Crippen LogP contribution in [0.4, 0.5) is 0 Å². The van der Waals surface area contributed by atoms with Crippen LogP contribution in [0.5, 0.6) is 11.6 Å². The molecule has 6 rings (SSSR count). The van der Waals surface area contributed by atoms with E-state index >= 15 is 0 Å². The minimum absolute atomic E-state index is 0.0106.